The van der Waals surface area contributed by atoms with Gasteiger partial charge < -0.3 is 10.1 Å². The summed E-state index contributed by atoms with van der Waals surface area (Å²) in [6, 6.07) is 7.80. The van der Waals surface area contributed by atoms with Gasteiger partial charge in [-0.2, -0.15) is 0 Å². The molecule has 1 aromatic rings. The summed E-state index contributed by atoms with van der Waals surface area (Å²) in [6.45, 7) is 7.19. The maximum Gasteiger partial charge on any atom is 0.322 e. The zero-order valence-electron chi connectivity index (χ0n) is 15.0. The van der Waals surface area contributed by atoms with E-state index in [1.807, 2.05) is 19.1 Å². The number of benzene rings is 1. The van der Waals surface area contributed by atoms with Gasteiger partial charge >= 0.3 is 6.03 Å². The van der Waals surface area contributed by atoms with Crippen molar-refractivity contribution in [2.75, 3.05) is 26.2 Å². The van der Waals surface area contributed by atoms with Gasteiger partial charge in [-0.15, -0.1) is 0 Å². The van der Waals surface area contributed by atoms with Crippen molar-refractivity contribution in [1.82, 2.24) is 15.5 Å². The number of nitrogens with one attached hydrogen (secondary N) is 2. The Kier molecular flexibility index (Phi) is 5.27. The van der Waals surface area contributed by atoms with Crippen molar-refractivity contribution >= 4 is 11.9 Å². The van der Waals surface area contributed by atoms with Crippen molar-refractivity contribution in [3.8, 4) is 5.75 Å². The Hall–Kier alpha value is -2.08. The van der Waals surface area contributed by atoms with Crippen LogP contribution in [-0.2, 0) is 11.2 Å². The van der Waals surface area contributed by atoms with Crippen LogP contribution in [0, 0.1) is 5.92 Å². The third kappa shape index (κ3) is 3.95. The number of hydrogen-bond donors (Lipinski definition) is 2. The number of urea groups is 1. The van der Waals surface area contributed by atoms with E-state index in [0.717, 1.165) is 44.6 Å². The zero-order valence-corrected chi connectivity index (χ0v) is 15.0. The SMILES string of the molecule is CCc1cccc(OCCN2CCC[C@H]([C@]3(C)NC(=O)NC3=O)C2)c1. The molecule has 2 saturated heterocycles. The van der Waals surface area contributed by atoms with Gasteiger partial charge in [-0.05, 0) is 50.4 Å². The van der Waals surface area contributed by atoms with Gasteiger partial charge in [-0.25, -0.2) is 4.79 Å². The number of imide groups is 1. The van der Waals surface area contributed by atoms with Crippen molar-refractivity contribution in [3.05, 3.63) is 29.8 Å². The summed E-state index contributed by atoms with van der Waals surface area (Å²) in [6.07, 6.45) is 2.96. The van der Waals surface area contributed by atoms with Crippen molar-refractivity contribution in [3.63, 3.8) is 0 Å². The van der Waals surface area contributed by atoms with Crippen LogP contribution in [0.15, 0.2) is 24.3 Å². The summed E-state index contributed by atoms with van der Waals surface area (Å²) in [5.74, 6) is 0.815. The van der Waals surface area contributed by atoms with Crippen LogP contribution >= 0.6 is 0 Å². The molecular formula is C19H27N3O3. The number of nitrogens with zero attached hydrogens (tertiary/aromatic N) is 1. The molecule has 0 unspecified atom stereocenters. The molecule has 0 radical (unpaired) electrons. The minimum Gasteiger partial charge on any atom is -0.492 e. The van der Waals surface area contributed by atoms with Crippen molar-refractivity contribution < 1.29 is 14.3 Å². The fourth-order valence-electron chi connectivity index (χ4n) is 3.72. The number of piperidine rings is 1. The van der Waals surface area contributed by atoms with Crippen LogP contribution in [0.2, 0.25) is 0 Å². The highest BCUT2D eigenvalue weighted by Gasteiger charge is 2.48. The first-order valence-electron chi connectivity index (χ1n) is 9.09. The standard InChI is InChI=1S/C19H27N3O3/c1-3-14-6-4-8-16(12-14)25-11-10-22-9-5-7-15(13-22)19(2)17(23)20-18(24)21-19/h4,6,8,12,15H,3,5,7,9-11,13H2,1-2H3,(H2,20,21,23,24)/t15-,19-/m0/s1. The number of ether oxygens (including phenoxy) is 1. The highest BCUT2D eigenvalue weighted by molar-refractivity contribution is 6.06. The van der Waals surface area contributed by atoms with E-state index in [9.17, 15) is 9.59 Å². The molecule has 2 N–H and O–H groups in total. The van der Waals surface area contributed by atoms with E-state index in [0.29, 0.717) is 6.61 Å². The monoisotopic (exact) mass is 345 g/mol. The lowest BCUT2D eigenvalue weighted by molar-refractivity contribution is -0.126. The molecule has 2 aliphatic heterocycles. The number of amides is 3. The van der Waals surface area contributed by atoms with Crippen LogP contribution in [0.4, 0.5) is 4.79 Å². The predicted molar refractivity (Wildman–Crippen MR) is 95.6 cm³/mol. The van der Waals surface area contributed by atoms with Crippen molar-refractivity contribution in [1.29, 1.82) is 0 Å². The third-order valence-electron chi connectivity index (χ3n) is 5.38. The summed E-state index contributed by atoms with van der Waals surface area (Å²) >= 11 is 0. The fourth-order valence-corrected chi connectivity index (χ4v) is 3.72. The van der Waals surface area contributed by atoms with E-state index < -0.39 is 5.54 Å². The maximum atomic E-state index is 12.1. The van der Waals surface area contributed by atoms with Crippen molar-refractivity contribution in [2.24, 2.45) is 5.92 Å². The van der Waals surface area contributed by atoms with Crippen molar-refractivity contribution in [2.45, 2.75) is 38.6 Å². The molecule has 3 amide bonds. The summed E-state index contributed by atoms with van der Waals surface area (Å²) in [4.78, 5) is 26.0. The van der Waals surface area contributed by atoms with Crippen LogP contribution in [0.25, 0.3) is 0 Å². The van der Waals surface area contributed by atoms with Crippen LogP contribution in [0.3, 0.4) is 0 Å². The molecule has 136 valence electrons. The Balaban J connectivity index is 1.52. The first-order chi connectivity index (χ1) is 12.0. The van der Waals surface area contributed by atoms with Gasteiger partial charge in [0.05, 0.1) is 0 Å². The molecule has 2 fully saturated rings. The summed E-state index contributed by atoms with van der Waals surface area (Å²) < 4.78 is 5.88. The molecule has 2 atom stereocenters. The lowest BCUT2D eigenvalue weighted by Crippen LogP contribution is -2.56. The topological polar surface area (TPSA) is 70.7 Å². The molecule has 1 aromatic carbocycles. The van der Waals surface area contributed by atoms with Gasteiger partial charge in [-0.3, -0.25) is 15.0 Å². The number of hydrogen-bond acceptors (Lipinski definition) is 4. The van der Waals surface area contributed by atoms with Gasteiger partial charge in [-0.1, -0.05) is 19.1 Å². The Morgan fingerprint density at radius 2 is 2.20 bits per heavy atom. The average molecular weight is 345 g/mol. The first kappa shape index (κ1) is 17.7. The van der Waals surface area contributed by atoms with E-state index in [-0.39, 0.29) is 17.9 Å². The molecule has 0 aliphatic carbocycles. The molecular weight excluding hydrogens is 318 g/mol. The summed E-state index contributed by atoms with van der Waals surface area (Å²) in [5.41, 5.74) is 0.470. The van der Waals surface area contributed by atoms with Crippen LogP contribution in [0.5, 0.6) is 5.75 Å². The lowest BCUT2D eigenvalue weighted by atomic mass is 9.80. The second kappa shape index (κ2) is 7.44. The highest BCUT2D eigenvalue weighted by Crippen LogP contribution is 2.29. The molecule has 6 heteroatoms. The Bertz CT molecular complexity index is 649. The zero-order chi connectivity index (χ0) is 17.9. The molecule has 3 rings (SSSR count). The van der Waals surface area contributed by atoms with Gasteiger partial charge in [0.15, 0.2) is 0 Å². The highest BCUT2D eigenvalue weighted by atomic mass is 16.5. The van der Waals surface area contributed by atoms with Gasteiger partial charge in [0.25, 0.3) is 5.91 Å². The Labute approximate surface area is 148 Å². The molecule has 0 aromatic heterocycles. The quantitative estimate of drug-likeness (QED) is 0.773. The van der Waals surface area contributed by atoms with E-state index in [1.54, 1.807) is 0 Å². The number of rotatable bonds is 6. The van der Waals surface area contributed by atoms with Gasteiger partial charge in [0.2, 0.25) is 0 Å². The molecule has 0 spiro atoms. The molecule has 6 nitrogen and oxygen atoms in total. The number of likely N-dealkylation sites (tertiary alicyclic amines) is 1. The molecule has 25 heavy (non-hydrogen) atoms. The fraction of sp³-hybridized carbons (Fsp3) is 0.579. The van der Waals surface area contributed by atoms with Crippen LogP contribution < -0.4 is 15.4 Å². The van der Waals surface area contributed by atoms with E-state index in [2.05, 4.69) is 34.6 Å². The average Bonchev–Trinajstić information content (AvgIpc) is 2.88. The third-order valence-corrected chi connectivity index (χ3v) is 5.38. The van der Waals surface area contributed by atoms with Crippen LogP contribution in [0.1, 0.15) is 32.3 Å². The number of aryl methyl sites for hydroxylation is 1. The molecule has 0 saturated carbocycles. The Morgan fingerprint density at radius 1 is 1.36 bits per heavy atom. The van der Waals surface area contributed by atoms with Crippen LogP contribution in [-0.4, -0.2) is 48.6 Å². The maximum absolute atomic E-state index is 12.1. The van der Waals surface area contributed by atoms with Gasteiger partial charge in [0, 0.05) is 19.0 Å². The smallest absolute Gasteiger partial charge is 0.322 e. The first-order valence-corrected chi connectivity index (χ1v) is 9.09. The summed E-state index contributed by atoms with van der Waals surface area (Å²) in [7, 11) is 0. The van der Waals surface area contributed by atoms with E-state index in [4.69, 9.17) is 4.74 Å². The predicted octanol–water partition coefficient (Wildman–Crippen LogP) is 1.94. The van der Waals surface area contributed by atoms with Gasteiger partial charge in [0.1, 0.15) is 17.9 Å². The number of carbonyl (C=O) groups excluding carboxylic acids is 2. The van der Waals surface area contributed by atoms with E-state index in [1.165, 1.54) is 5.56 Å². The molecule has 2 heterocycles. The molecule has 2 aliphatic rings. The molecule has 0 bridgehead atoms. The second-order valence-corrected chi connectivity index (χ2v) is 7.10. The normalized spacial score (nSPS) is 27.0. The largest absolute Gasteiger partial charge is 0.492 e. The summed E-state index contributed by atoms with van der Waals surface area (Å²) in [5, 5.41) is 5.17. The minimum absolute atomic E-state index is 0.121. The number of carbonyl (C=O) groups is 2. The second-order valence-electron chi connectivity index (χ2n) is 7.10. The lowest BCUT2D eigenvalue weighted by Gasteiger charge is -2.39. The minimum atomic E-state index is -0.800. The van der Waals surface area contributed by atoms with E-state index >= 15 is 0 Å². The Morgan fingerprint density at radius 3 is 2.92 bits per heavy atom.